The van der Waals surface area contributed by atoms with Crippen molar-refractivity contribution in [2.24, 2.45) is 0 Å². The van der Waals surface area contributed by atoms with E-state index in [1.54, 1.807) is 24.3 Å². The molecule has 1 atom stereocenters. The van der Waals surface area contributed by atoms with Gasteiger partial charge in [-0.15, -0.1) is 0 Å². The SMILES string of the molecule is CCCCN(CCCC)CCCN1C(=O)C(=O)/C(=C(\O)c2ccc(Cl)cc2)C1c1ccc([N+](=O)[O-])cc1. The highest BCUT2D eigenvalue weighted by Gasteiger charge is 2.45. The lowest BCUT2D eigenvalue weighted by molar-refractivity contribution is -0.384. The van der Waals surface area contributed by atoms with Gasteiger partial charge in [0.05, 0.1) is 16.5 Å². The summed E-state index contributed by atoms with van der Waals surface area (Å²) in [6, 6.07) is 11.2. The summed E-state index contributed by atoms with van der Waals surface area (Å²) in [5.74, 6) is -1.76. The number of hydrogen-bond acceptors (Lipinski definition) is 6. The standard InChI is InChI=1S/C28H34ClN3O5/c1-3-5-16-30(17-6-4-2)18-7-19-31-25(20-10-14-23(15-11-20)32(36)37)24(27(34)28(31)35)26(33)21-8-12-22(29)13-9-21/h8-15,25,33H,3-7,16-19H2,1-2H3/b26-24-. The maximum absolute atomic E-state index is 13.2. The average Bonchev–Trinajstić information content (AvgIpc) is 3.15. The molecule has 1 aliphatic rings. The minimum atomic E-state index is -0.851. The Bertz CT molecular complexity index is 1120. The number of nitro benzene ring substituents is 1. The number of non-ortho nitro benzene ring substituents is 1. The molecule has 0 spiro atoms. The zero-order valence-corrected chi connectivity index (χ0v) is 22.1. The van der Waals surface area contributed by atoms with E-state index in [1.165, 1.54) is 29.2 Å². The predicted octanol–water partition coefficient (Wildman–Crippen LogP) is 5.96. The predicted molar refractivity (Wildman–Crippen MR) is 144 cm³/mol. The molecule has 1 heterocycles. The number of rotatable bonds is 13. The monoisotopic (exact) mass is 527 g/mol. The Balaban J connectivity index is 1.94. The minimum Gasteiger partial charge on any atom is -0.507 e. The highest BCUT2D eigenvalue weighted by Crippen LogP contribution is 2.40. The van der Waals surface area contributed by atoms with Crippen LogP contribution in [-0.2, 0) is 9.59 Å². The van der Waals surface area contributed by atoms with Gasteiger partial charge in [0.1, 0.15) is 5.76 Å². The summed E-state index contributed by atoms with van der Waals surface area (Å²) in [7, 11) is 0. The van der Waals surface area contributed by atoms with E-state index < -0.39 is 22.7 Å². The summed E-state index contributed by atoms with van der Waals surface area (Å²) >= 11 is 5.98. The number of aliphatic hydroxyl groups excluding tert-OH is 1. The molecule has 0 radical (unpaired) electrons. The first-order valence-corrected chi connectivity index (χ1v) is 13.2. The van der Waals surface area contributed by atoms with Crippen molar-refractivity contribution in [3.05, 3.63) is 80.4 Å². The van der Waals surface area contributed by atoms with Crippen molar-refractivity contribution in [1.29, 1.82) is 0 Å². The molecule has 1 amide bonds. The molecule has 2 aromatic rings. The van der Waals surface area contributed by atoms with Crippen molar-refractivity contribution in [1.82, 2.24) is 9.80 Å². The van der Waals surface area contributed by atoms with Gasteiger partial charge in [-0.25, -0.2) is 0 Å². The molecule has 1 fully saturated rings. The molecule has 8 nitrogen and oxygen atoms in total. The molecule has 2 aromatic carbocycles. The number of halogens is 1. The number of hydrogen-bond donors (Lipinski definition) is 1. The number of nitro groups is 1. The van der Waals surface area contributed by atoms with Gasteiger partial charge in [-0.05, 0) is 80.9 Å². The van der Waals surface area contributed by atoms with Crippen LogP contribution in [0.15, 0.2) is 54.1 Å². The largest absolute Gasteiger partial charge is 0.507 e. The van der Waals surface area contributed by atoms with Crippen LogP contribution >= 0.6 is 11.6 Å². The third kappa shape index (κ3) is 6.96. The van der Waals surface area contributed by atoms with Crippen LogP contribution in [0.1, 0.15) is 63.1 Å². The Hall–Kier alpha value is -3.23. The highest BCUT2D eigenvalue weighted by molar-refractivity contribution is 6.46. The zero-order valence-electron chi connectivity index (χ0n) is 21.4. The van der Waals surface area contributed by atoms with Crippen molar-refractivity contribution in [2.75, 3.05) is 26.2 Å². The summed E-state index contributed by atoms with van der Waals surface area (Å²) in [5, 5.41) is 22.8. The number of carbonyl (C=O) groups is 2. The lowest BCUT2D eigenvalue weighted by Crippen LogP contribution is -2.34. The lowest BCUT2D eigenvalue weighted by atomic mass is 9.95. The first-order valence-electron chi connectivity index (χ1n) is 12.8. The quantitative estimate of drug-likeness (QED) is 0.113. The third-order valence-electron chi connectivity index (χ3n) is 6.61. The number of likely N-dealkylation sites (tertiary alicyclic amines) is 1. The molecule has 1 saturated heterocycles. The van der Waals surface area contributed by atoms with E-state index >= 15 is 0 Å². The second-order valence-corrected chi connectivity index (χ2v) is 9.69. The molecule has 3 rings (SSSR count). The summed E-state index contributed by atoms with van der Waals surface area (Å²) in [4.78, 5) is 40.9. The maximum atomic E-state index is 13.2. The number of carbonyl (C=O) groups excluding carboxylic acids is 2. The normalized spacial score (nSPS) is 17.1. The van der Waals surface area contributed by atoms with E-state index in [4.69, 9.17) is 11.6 Å². The Morgan fingerprint density at radius 1 is 0.973 bits per heavy atom. The van der Waals surface area contributed by atoms with E-state index in [1.807, 2.05) is 0 Å². The molecule has 37 heavy (non-hydrogen) atoms. The molecule has 198 valence electrons. The van der Waals surface area contributed by atoms with Gasteiger partial charge in [-0.2, -0.15) is 0 Å². The molecule has 0 aromatic heterocycles. The minimum absolute atomic E-state index is 0.0324. The summed E-state index contributed by atoms with van der Waals surface area (Å²) < 4.78 is 0. The van der Waals surface area contributed by atoms with Crippen molar-refractivity contribution < 1.29 is 19.6 Å². The van der Waals surface area contributed by atoms with Gasteiger partial charge in [0.25, 0.3) is 17.4 Å². The van der Waals surface area contributed by atoms with E-state index in [-0.39, 0.29) is 17.0 Å². The van der Waals surface area contributed by atoms with Gasteiger partial charge in [0.15, 0.2) is 0 Å². The molecule has 1 aliphatic heterocycles. The van der Waals surface area contributed by atoms with Crippen LogP contribution in [0.4, 0.5) is 5.69 Å². The van der Waals surface area contributed by atoms with Crippen LogP contribution in [0, 0.1) is 10.1 Å². The van der Waals surface area contributed by atoms with Crippen LogP contribution in [0.5, 0.6) is 0 Å². The van der Waals surface area contributed by atoms with Gasteiger partial charge in [-0.3, -0.25) is 19.7 Å². The number of nitrogens with zero attached hydrogens (tertiary/aromatic N) is 3. The topological polar surface area (TPSA) is 104 Å². The third-order valence-corrected chi connectivity index (χ3v) is 6.86. The second kappa shape index (κ2) is 13.4. The van der Waals surface area contributed by atoms with E-state index in [2.05, 4.69) is 18.7 Å². The molecular weight excluding hydrogens is 494 g/mol. The van der Waals surface area contributed by atoms with Gasteiger partial charge in [-0.1, -0.05) is 38.3 Å². The van der Waals surface area contributed by atoms with Crippen molar-refractivity contribution in [2.45, 2.75) is 52.0 Å². The van der Waals surface area contributed by atoms with E-state index in [9.17, 15) is 24.8 Å². The molecule has 0 saturated carbocycles. The first kappa shape index (κ1) is 28.3. The smallest absolute Gasteiger partial charge is 0.295 e. The van der Waals surface area contributed by atoms with Crippen LogP contribution in [0.3, 0.4) is 0 Å². The number of aliphatic hydroxyl groups is 1. The summed E-state index contributed by atoms with van der Waals surface area (Å²) in [5.41, 5.74) is 0.754. The van der Waals surface area contributed by atoms with Gasteiger partial charge >= 0.3 is 0 Å². The number of amides is 1. The van der Waals surface area contributed by atoms with Crippen LogP contribution < -0.4 is 0 Å². The summed E-state index contributed by atoms with van der Waals surface area (Å²) in [6.07, 6.45) is 5.05. The number of ketones is 1. The molecule has 9 heteroatoms. The van der Waals surface area contributed by atoms with Gasteiger partial charge in [0.2, 0.25) is 0 Å². The number of Topliss-reactive ketones (excluding diaryl/α,β-unsaturated/α-hetero) is 1. The van der Waals surface area contributed by atoms with Crippen LogP contribution in [-0.4, -0.2) is 57.7 Å². The fourth-order valence-corrected chi connectivity index (χ4v) is 4.69. The molecule has 0 bridgehead atoms. The Morgan fingerprint density at radius 2 is 1.54 bits per heavy atom. The van der Waals surface area contributed by atoms with E-state index in [0.29, 0.717) is 29.1 Å². The van der Waals surface area contributed by atoms with E-state index in [0.717, 1.165) is 45.3 Å². The maximum Gasteiger partial charge on any atom is 0.295 e. The molecular formula is C28H34ClN3O5. The Labute approximate surface area is 222 Å². The average molecular weight is 528 g/mol. The Kier molecular flexibility index (Phi) is 10.2. The molecule has 0 aliphatic carbocycles. The second-order valence-electron chi connectivity index (χ2n) is 9.25. The molecule has 1 unspecified atom stereocenters. The Morgan fingerprint density at radius 3 is 2.08 bits per heavy atom. The van der Waals surface area contributed by atoms with Crippen LogP contribution in [0.2, 0.25) is 5.02 Å². The van der Waals surface area contributed by atoms with Gasteiger partial charge in [0, 0.05) is 29.3 Å². The first-order chi connectivity index (χ1) is 17.8. The fraction of sp³-hybridized carbons (Fsp3) is 0.429. The highest BCUT2D eigenvalue weighted by atomic mass is 35.5. The zero-order chi connectivity index (χ0) is 26.9. The van der Waals surface area contributed by atoms with Crippen LogP contribution in [0.25, 0.3) is 5.76 Å². The fourth-order valence-electron chi connectivity index (χ4n) is 4.56. The molecule has 1 N–H and O–H groups in total. The van der Waals surface area contributed by atoms with Crippen molar-refractivity contribution in [3.8, 4) is 0 Å². The van der Waals surface area contributed by atoms with Crippen molar-refractivity contribution >= 4 is 34.7 Å². The summed E-state index contributed by atoms with van der Waals surface area (Å²) in [6.45, 7) is 7.38. The van der Waals surface area contributed by atoms with Crippen molar-refractivity contribution in [3.63, 3.8) is 0 Å². The van der Waals surface area contributed by atoms with Gasteiger partial charge < -0.3 is 14.9 Å². The lowest BCUT2D eigenvalue weighted by Gasteiger charge is -2.27. The number of benzene rings is 2. The number of unbranched alkanes of at least 4 members (excludes halogenated alkanes) is 2.